The van der Waals surface area contributed by atoms with Crippen molar-refractivity contribution in [1.29, 1.82) is 0 Å². The molecule has 3 rings (SSSR count). The van der Waals surface area contributed by atoms with Crippen LogP contribution in [0.4, 0.5) is 0 Å². The predicted octanol–water partition coefficient (Wildman–Crippen LogP) is 1.92. The number of carbonyl (C=O) groups is 2. The predicted molar refractivity (Wildman–Crippen MR) is 92.2 cm³/mol. The molecular formula is C19H22N2O4. The van der Waals surface area contributed by atoms with Gasteiger partial charge < -0.3 is 19.4 Å². The molecule has 132 valence electrons. The Kier molecular flexibility index (Phi) is 5.38. The third kappa shape index (κ3) is 4.62. The number of nitrogens with one attached hydrogen (secondary N) is 1. The van der Waals surface area contributed by atoms with Gasteiger partial charge in [-0.15, -0.1) is 0 Å². The maximum absolute atomic E-state index is 12.1. The molecular weight excluding hydrogens is 320 g/mol. The van der Waals surface area contributed by atoms with Crippen molar-refractivity contribution in [1.82, 2.24) is 10.2 Å². The number of nitrogens with zero attached hydrogens (tertiary/aromatic N) is 1. The van der Waals surface area contributed by atoms with Crippen LogP contribution in [-0.4, -0.2) is 36.9 Å². The molecule has 6 heteroatoms. The van der Waals surface area contributed by atoms with Crippen molar-refractivity contribution in [3.8, 4) is 5.75 Å². The summed E-state index contributed by atoms with van der Waals surface area (Å²) in [5.41, 5.74) is 2.67. The summed E-state index contributed by atoms with van der Waals surface area (Å²) in [7, 11) is 1.58. The number of hydrogen-bond acceptors (Lipinski definition) is 4. The normalized spacial score (nSPS) is 12.5. The molecule has 0 bridgehead atoms. The van der Waals surface area contributed by atoms with Gasteiger partial charge in [0, 0.05) is 7.05 Å². The van der Waals surface area contributed by atoms with Crippen LogP contribution in [0.3, 0.4) is 0 Å². The standard InChI is InChI=1S/C19H22N2O4/c1-21(12-18(22)20-11-17-6-3-9-24-17)19(23)13-25-16-8-7-14-4-2-5-15(14)10-16/h3,6-10H,2,4-5,11-13H2,1H3,(H,20,22). The third-order valence-corrected chi connectivity index (χ3v) is 4.28. The lowest BCUT2D eigenvalue weighted by Crippen LogP contribution is -2.40. The number of rotatable bonds is 7. The first kappa shape index (κ1) is 17.1. The highest BCUT2D eigenvalue weighted by atomic mass is 16.5. The van der Waals surface area contributed by atoms with Gasteiger partial charge in [-0.3, -0.25) is 9.59 Å². The molecule has 0 spiro atoms. The summed E-state index contributed by atoms with van der Waals surface area (Å²) >= 11 is 0. The van der Waals surface area contributed by atoms with E-state index >= 15 is 0 Å². The van der Waals surface area contributed by atoms with E-state index in [0.717, 1.165) is 12.8 Å². The van der Waals surface area contributed by atoms with Gasteiger partial charge in [-0.1, -0.05) is 6.07 Å². The number of carbonyl (C=O) groups excluding carboxylic acids is 2. The number of benzene rings is 1. The number of furan rings is 1. The van der Waals surface area contributed by atoms with Crippen LogP contribution in [0.15, 0.2) is 41.0 Å². The van der Waals surface area contributed by atoms with E-state index in [9.17, 15) is 9.59 Å². The molecule has 0 unspecified atom stereocenters. The van der Waals surface area contributed by atoms with Crippen LogP contribution in [0.25, 0.3) is 0 Å². The zero-order valence-electron chi connectivity index (χ0n) is 14.3. The minimum absolute atomic E-state index is 0.0207. The van der Waals surface area contributed by atoms with Gasteiger partial charge in [0.15, 0.2) is 6.61 Å². The van der Waals surface area contributed by atoms with E-state index in [1.807, 2.05) is 12.1 Å². The van der Waals surface area contributed by atoms with Crippen molar-refractivity contribution in [2.24, 2.45) is 0 Å². The molecule has 0 saturated heterocycles. The zero-order chi connectivity index (χ0) is 17.6. The van der Waals surface area contributed by atoms with Crippen LogP contribution in [-0.2, 0) is 29.0 Å². The Morgan fingerprint density at radius 1 is 1.24 bits per heavy atom. The first-order valence-electron chi connectivity index (χ1n) is 8.39. The SMILES string of the molecule is CN(CC(=O)NCc1ccco1)C(=O)COc1ccc2c(c1)CCC2. The van der Waals surface area contributed by atoms with Crippen LogP contribution in [0, 0.1) is 0 Å². The summed E-state index contributed by atoms with van der Waals surface area (Å²) in [6.07, 6.45) is 4.90. The van der Waals surface area contributed by atoms with Gasteiger partial charge in [0.05, 0.1) is 19.4 Å². The number of amides is 2. The maximum atomic E-state index is 12.1. The topological polar surface area (TPSA) is 71.8 Å². The van der Waals surface area contributed by atoms with Crippen LogP contribution in [0.1, 0.15) is 23.3 Å². The van der Waals surface area contributed by atoms with Crippen molar-refractivity contribution in [3.05, 3.63) is 53.5 Å². The molecule has 2 aromatic rings. The van der Waals surface area contributed by atoms with E-state index < -0.39 is 0 Å². The summed E-state index contributed by atoms with van der Waals surface area (Å²) in [6, 6.07) is 9.50. The number of ether oxygens (including phenoxy) is 1. The smallest absolute Gasteiger partial charge is 0.260 e. The molecule has 1 aliphatic rings. The van der Waals surface area contributed by atoms with Gasteiger partial charge in [-0.25, -0.2) is 0 Å². The molecule has 0 atom stereocenters. The lowest BCUT2D eigenvalue weighted by molar-refractivity contribution is -0.136. The Morgan fingerprint density at radius 2 is 2.08 bits per heavy atom. The van der Waals surface area contributed by atoms with E-state index in [4.69, 9.17) is 9.15 Å². The maximum Gasteiger partial charge on any atom is 0.260 e. The van der Waals surface area contributed by atoms with Crippen LogP contribution in [0.5, 0.6) is 5.75 Å². The minimum atomic E-state index is -0.246. The monoisotopic (exact) mass is 342 g/mol. The Balaban J connectivity index is 1.42. The molecule has 1 aliphatic carbocycles. The second kappa shape index (κ2) is 7.88. The first-order chi connectivity index (χ1) is 12.1. The molecule has 0 saturated carbocycles. The Labute approximate surface area is 146 Å². The quantitative estimate of drug-likeness (QED) is 0.834. The van der Waals surface area contributed by atoms with Crippen LogP contribution >= 0.6 is 0 Å². The average molecular weight is 342 g/mol. The van der Waals surface area contributed by atoms with E-state index in [2.05, 4.69) is 11.4 Å². The van der Waals surface area contributed by atoms with Crippen molar-refractivity contribution in [3.63, 3.8) is 0 Å². The van der Waals surface area contributed by atoms with E-state index in [1.54, 1.807) is 25.4 Å². The number of aryl methyl sites for hydroxylation is 2. The molecule has 0 fully saturated rings. The molecule has 1 heterocycles. The molecule has 25 heavy (non-hydrogen) atoms. The van der Waals surface area contributed by atoms with E-state index in [0.29, 0.717) is 18.1 Å². The van der Waals surface area contributed by atoms with Crippen molar-refractivity contribution in [2.45, 2.75) is 25.8 Å². The molecule has 2 amide bonds. The molecule has 0 radical (unpaired) electrons. The van der Waals surface area contributed by atoms with Crippen molar-refractivity contribution < 1.29 is 18.7 Å². The fourth-order valence-electron chi connectivity index (χ4n) is 2.85. The highest BCUT2D eigenvalue weighted by Crippen LogP contribution is 2.25. The second-order valence-electron chi connectivity index (χ2n) is 6.18. The second-order valence-corrected chi connectivity index (χ2v) is 6.18. The van der Waals surface area contributed by atoms with Crippen molar-refractivity contribution in [2.75, 3.05) is 20.2 Å². The Bertz CT molecular complexity index is 740. The third-order valence-electron chi connectivity index (χ3n) is 4.28. The summed E-state index contributed by atoms with van der Waals surface area (Å²) in [6.45, 7) is 0.202. The first-order valence-corrected chi connectivity index (χ1v) is 8.39. The minimum Gasteiger partial charge on any atom is -0.484 e. The zero-order valence-corrected chi connectivity index (χ0v) is 14.3. The molecule has 6 nitrogen and oxygen atoms in total. The largest absolute Gasteiger partial charge is 0.484 e. The average Bonchev–Trinajstić information content (AvgIpc) is 3.28. The van der Waals surface area contributed by atoms with Crippen LogP contribution in [0.2, 0.25) is 0 Å². The Hall–Kier alpha value is -2.76. The highest BCUT2D eigenvalue weighted by molar-refractivity contribution is 5.85. The Morgan fingerprint density at radius 3 is 2.88 bits per heavy atom. The molecule has 1 N–H and O–H groups in total. The van der Waals surface area contributed by atoms with Gasteiger partial charge in [-0.05, 0) is 54.7 Å². The van der Waals surface area contributed by atoms with E-state index in [1.165, 1.54) is 22.4 Å². The molecule has 1 aromatic carbocycles. The molecule has 1 aromatic heterocycles. The number of likely N-dealkylation sites (N-methyl/N-ethyl adjacent to an activating group) is 1. The van der Waals surface area contributed by atoms with Gasteiger partial charge in [0.2, 0.25) is 5.91 Å². The van der Waals surface area contributed by atoms with Gasteiger partial charge in [0.25, 0.3) is 5.91 Å². The lowest BCUT2D eigenvalue weighted by atomic mass is 10.1. The summed E-state index contributed by atoms with van der Waals surface area (Å²) in [5.74, 6) is 0.880. The number of fused-ring (bicyclic) bond motifs is 1. The highest BCUT2D eigenvalue weighted by Gasteiger charge is 2.15. The lowest BCUT2D eigenvalue weighted by Gasteiger charge is -2.17. The van der Waals surface area contributed by atoms with E-state index in [-0.39, 0.29) is 25.0 Å². The number of hydrogen-bond donors (Lipinski definition) is 1. The summed E-state index contributed by atoms with van der Waals surface area (Å²) in [5, 5.41) is 2.71. The molecule has 0 aliphatic heterocycles. The van der Waals surface area contributed by atoms with Crippen molar-refractivity contribution >= 4 is 11.8 Å². The van der Waals surface area contributed by atoms with Gasteiger partial charge in [0.1, 0.15) is 11.5 Å². The van der Waals surface area contributed by atoms with Gasteiger partial charge in [-0.2, -0.15) is 0 Å². The fourth-order valence-corrected chi connectivity index (χ4v) is 2.85. The summed E-state index contributed by atoms with van der Waals surface area (Å²) < 4.78 is 10.7. The van der Waals surface area contributed by atoms with Crippen LogP contribution < -0.4 is 10.1 Å². The fraction of sp³-hybridized carbons (Fsp3) is 0.368. The summed E-state index contributed by atoms with van der Waals surface area (Å²) in [4.78, 5) is 25.3. The van der Waals surface area contributed by atoms with Gasteiger partial charge >= 0.3 is 0 Å².